The lowest BCUT2D eigenvalue weighted by Crippen LogP contribution is -2.34. The van der Waals surface area contributed by atoms with E-state index in [2.05, 4.69) is 62.9 Å². The van der Waals surface area contributed by atoms with Crippen molar-refractivity contribution in [3.8, 4) is 0 Å². The summed E-state index contributed by atoms with van der Waals surface area (Å²) >= 11 is 0. The zero-order valence-corrected chi connectivity index (χ0v) is 13.9. The highest BCUT2D eigenvalue weighted by atomic mass is 15.2. The molecule has 1 aromatic heterocycles. The molecule has 0 saturated carbocycles. The normalized spacial score (nSPS) is 12.6. The van der Waals surface area contributed by atoms with Crippen LogP contribution in [0.5, 0.6) is 0 Å². The largest absolute Gasteiger partial charge is 0.370 e. The Bertz CT molecular complexity index is 403. The molecule has 0 bridgehead atoms. The summed E-state index contributed by atoms with van der Waals surface area (Å²) in [6.45, 7) is 12.0. The third-order valence-electron chi connectivity index (χ3n) is 3.73. The molecule has 0 aliphatic rings. The molecule has 0 aliphatic heterocycles. The zero-order valence-electron chi connectivity index (χ0n) is 13.9. The fourth-order valence-electron chi connectivity index (χ4n) is 2.00. The summed E-state index contributed by atoms with van der Waals surface area (Å²) in [5.41, 5.74) is 0. The lowest BCUT2D eigenvalue weighted by molar-refractivity contribution is 0.502. The van der Waals surface area contributed by atoms with Gasteiger partial charge in [-0.1, -0.05) is 27.7 Å². The van der Waals surface area contributed by atoms with Crippen LogP contribution in [0.15, 0.2) is 6.07 Å². The summed E-state index contributed by atoms with van der Waals surface area (Å²) in [6.07, 6.45) is 3.10. The molecule has 1 unspecified atom stereocenters. The number of nitrogens with one attached hydrogen (secondary N) is 1. The van der Waals surface area contributed by atoms with Crippen molar-refractivity contribution in [2.75, 3.05) is 23.8 Å². The van der Waals surface area contributed by atoms with Crippen molar-refractivity contribution in [1.29, 1.82) is 0 Å². The van der Waals surface area contributed by atoms with Crippen molar-refractivity contribution in [2.45, 2.75) is 59.9 Å². The Kier molecular flexibility index (Phi) is 6.76. The van der Waals surface area contributed by atoms with E-state index in [1.54, 1.807) is 0 Å². The third kappa shape index (κ3) is 4.66. The number of aryl methyl sites for hydroxylation is 1. The smallest absolute Gasteiger partial charge is 0.134 e. The SMILES string of the molecule is CCCNc1cc(N(C)C(C)C(C)C)nc(CCC)n1. The highest BCUT2D eigenvalue weighted by Crippen LogP contribution is 2.20. The molecule has 0 aliphatic carbocycles. The Balaban J connectivity index is 3.00. The van der Waals surface area contributed by atoms with Crippen molar-refractivity contribution in [3.05, 3.63) is 11.9 Å². The predicted octanol–water partition coefficient (Wildman–Crippen LogP) is 3.73. The van der Waals surface area contributed by atoms with E-state index in [1.807, 2.05) is 0 Å². The van der Waals surface area contributed by atoms with Crippen LogP contribution in [0.1, 0.15) is 53.3 Å². The van der Waals surface area contributed by atoms with Crippen molar-refractivity contribution < 1.29 is 0 Å². The highest BCUT2D eigenvalue weighted by molar-refractivity contribution is 5.49. The first-order chi connectivity index (χ1) is 9.49. The average molecular weight is 278 g/mol. The minimum atomic E-state index is 0.457. The minimum absolute atomic E-state index is 0.457. The van der Waals surface area contributed by atoms with Crippen LogP contribution in [-0.4, -0.2) is 29.6 Å². The number of hydrogen-bond donors (Lipinski definition) is 1. The molecule has 0 saturated heterocycles. The number of aromatic nitrogens is 2. The molecule has 1 aromatic rings. The van der Waals surface area contributed by atoms with Gasteiger partial charge in [-0.05, 0) is 25.7 Å². The molecule has 1 heterocycles. The first-order valence-corrected chi connectivity index (χ1v) is 7.84. The van der Waals surface area contributed by atoms with E-state index >= 15 is 0 Å². The minimum Gasteiger partial charge on any atom is -0.370 e. The standard InChI is InChI=1S/C16H30N4/c1-7-9-14-18-15(17-10-8-2)11-16(19-14)20(6)13(5)12(3)4/h11-13H,7-10H2,1-6H3,(H,17,18,19). The van der Waals surface area contributed by atoms with E-state index in [9.17, 15) is 0 Å². The quantitative estimate of drug-likeness (QED) is 0.786. The summed E-state index contributed by atoms with van der Waals surface area (Å²) in [5, 5.41) is 3.38. The number of anilines is 2. The average Bonchev–Trinajstić information content (AvgIpc) is 2.43. The summed E-state index contributed by atoms with van der Waals surface area (Å²) in [6, 6.07) is 2.52. The van der Waals surface area contributed by atoms with Crippen LogP contribution in [0.25, 0.3) is 0 Å². The van der Waals surface area contributed by atoms with Gasteiger partial charge in [0.1, 0.15) is 17.5 Å². The van der Waals surface area contributed by atoms with E-state index in [4.69, 9.17) is 4.98 Å². The van der Waals surface area contributed by atoms with Crippen LogP contribution in [0.2, 0.25) is 0 Å². The number of rotatable bonds is 8. The summed E-state index contributed by atoms with van der Waals surface area (Å²) in [4.78, 5) is 11.6. The van der Waals surface area contributed by atoms with Crippen LogP contribution < -0.4 is 10.2 Å². The Morgan fingerprint density at radius 3 is 2.40 bits per heavy atom. The van der Waals surface area contributed by atoms with Crippen LogP contribution >= 0.6 is 0 Å². The lowest BCUT2D eigenvalue weighted by Gasteiger charge is -2.29. The number of nitrogens with zero attached hydrogens (tertiary/aromatic N) is 3. The molecule has 1 atom stereocenters. The Morgan fingerprint density at radius 2 is 1.85 bits per heavy atom. The number of hydrogen-bond acceptors (Lipinski definition) is 4. The molecule has 114 valence electrons. The molecule has 0 fully saturated rings. The van der Waals surface area contributed by atoms with E-state index < -0.39 is 0 Å². The van der Waals surface area contributed by atoms with Gasteiger partial charge in [0, 0.05) is 32.1 Å². The molecule has 20 heavy (non-hydrogen) atoms. The molecule has 1 rings (SSSR count). The van der Waals surface area contributed by atoms with Gasteiger partial charge in [-0.2, -0.15) is 0 Å². The van der Waals surface area contributed by atoms with E-state index in [1.165, 1.54) is 0 Å². The maximum Gasteiger partial charge on any atom is 0.134 e. The molecule has 0 amide bonds. The summed E-state index contributed by atoms with van der Waals surface area (Å²) in [5.74, 6) is 3.49. The molecule has 1 N–H and O–H groups in total. The van der Waals surface area contributed by atoms with Gasteiger partial charge in [-0.3, -0.25) is 0 Å². The van der Waals surface area contributed by atoms with Gasteiger partial charge in [0.25, 0.3) is 0 Å². The molecule has 0 aromatic carbocycles. The van der Waals surface area contributed by atoms with Gasteiger partial charge in [0.2, 0.25) is 0 Å². The second-order valence-electron chi connectivity index (χ2n) is 5.80. The van der Waals surface area contributed by atoms with Crippen LogP contribution in [0.4, 0.5) is 11.6 Å². The predicted molar refractivity (Wildman–Crippen MR) is 87.5 cm³/mol. The maximum absolute atomic E-state index is 4.71. The van der Waals surface area contributed by atoms with Crippen molar-refractivity contribution in [1.82, 2.24) is 9.97 Å². The second-order valence-corrected chi connectivity index (χ2v) is 5.80. The van der Waals surface area contributed by atoms with Gasteiger partial charge in [0.05, 0.1) is 0 Å². The summed E-state index contributed by atoms with van der Waals surface area (Å²) < 4.78 is 0. The second kappa shape index (κ2) is 8.08. The zero-order chi connectivity index (χ0) is 15.1. The monoisotopic (exact) mass is 278 g/mol. The highest BCUT2D eigenvalue weighted by Gasteiger charge is 2.16. The Labute approximate surface area is 124 Å². The first kappa shape index (κ1) is 16.7. The van der Waals surface area contributed by atoms with E-state index in [0.29, 0.717) is 12.0 Å². The molecule has 4 nitrogen and oxygen atoms in total. The molecule has 0 radical (unpaired) electrons. The fraction of sp³-hybridized carbons (Fsp3) is 0.750. The van der Waals surface area contributed by atoms with Gasteiger partial charge < -0.3 is 10.2 Å². The van der Waals surface area contributed by atoms with Crippen LogP contribution in [0.3, 0.4) is 0 Å². The molecule has 0 spiro atoms. The van der Waals surface area contributed by atoms with Gasteiger partial charge in [0.15, 0.2) is 0 Å². The van der Waals surface area contributed by atoms with Crippen LogP contribution in [-0.2, 0) is 6.42 Å². The van der Waals surface area contributed by atoms with Crippen LogP contribution in [0, 0.1) is 5.92 Å². The van der Waals surface area contributed by atoms with Crippen molar-refractivity contribution in [2.24, 2.45) is 5.92 Å². The third-order valence-corrected chi connectivity index (χ3v) is 3.73. The van der Waals surface area contributed by atoms with Gasteiger partial charge in [-0.15, -0.1) is 0 Å². The Hall–Kier alpha value is -1.32. The van der Waals surface area contributed by atoms with E-state index in [-0.39, 0.29) is 0 Å². The van der Waals surface area contributed by atoms with Crippen molar-refractivity contribution >= 4 is 11.6 Å². The molecular formula is C16H30N4. The maximum atomic E-state index is 4.71. The molecular weight excluding hydrogens is 248 g/mol. The first-order valence-electron chi connectivity index (χ1n) is 7.84. The topological polar surface area (TPSA) is 41.0 Å². The lowest BCUT2D eigenvalue weighted by atomic mass is 10.1. The fourth-order valence-corrected chi connectivity index (χ4v) is 2.00. The van der Waals surface area contributed by atoms with Gasteiger partial charge in [-0.25, -0.2) is 9.97 Å². The van der Waals surface area contributed by atoms with Gasteiger partial charge >= 0.3 is 0 Å². The van der Waals surface area contributed by atoms with E-state index in [0.717, 1.165) is 43.3 Å². The Morgan fingerprint density at radius 1 is 1.15 bits per heavy atom. The van der Waals surface area contributed by atoms with Crippen molar-refractivity contribution in [3.63, 3.8) is 0 Å². The molecule has 4 heteroatoms. The summed E-state index contributed by atoms with van der Waals surface area (Å²) in [7, 11) is 2.12.